The fourth-order valence-electron chi connectivity index (χ4n) is 11.1. The van der Waals surface area contributed by atoms with Crippen molar-refractivity contribution < 1.29 is 30.7 Å². The molecule has 2 heterocycles. The second-order valence-corrected chi connectivity index (χ2v) is 20.8. The molecule has 0 saturated heterocycles. The number of hydrogen-bond acceptors (Lipinski definition) is 7. The summed E-state index contributed by atoms with van der Waals surface area (Å²) in [5, 5.41) is 3.50. The van der Waals surface area contributed by atoms with Gasteiger partial charge in [0.2, 0.25) is 5.91 Å². The summed E-state index contributed by atoms with van der Waals surface area (Å²) in [6.07, 6.45) is 20.7. The quantitative estimate of drug-likeness (QED) is 0.104. The highest BCUT2D eigenvalue weighted by atomic mass is 32.2. The SMILES string of the molecule is CCN1c2ccc(S(=O)(=O)O)cc2C(C)(C)C1/C=C/C=C/C=C1/N(CCCCCC(=O)NC23CC4CC(CC(C4)C2)C3)c2ccc(S(=O)(=O)O)cc2C1(C)C. The molecule has 4 fully saturated rings. The maximum atomic E-state index is 13.1. The van der Waals surface area contributed by atoms with Crippen LogP contribution >= 0.6 is 0 Å². The lowest BCUT2D eigenvalue weighted by Crippen LogP contribution is -2.59. The average Bonchev–Trinajstić information content (AvgIpc) is 3.43. The number of allylic oxidation sites excluding steroid dienone is 5. The summed E-state index contributed by atoms with van der Waals surface area (Å²) in [7, 11) is -8.71. The summed E-state index contributed by atoms with van der Waals surface area (Å²) in [6.45, 7) is 11.7. The average molecular weight is 792 g/mol. The predicted molar refractivity (Wildman–Crippen MR) is 217 cm³/mol. The molecular formula is C43H57N3O7S2. The van der Waals surface area contributed by atoms with E-state index in [0.29, 0.717) is 19.5 Å². The molecule has 3 N–H and O–H groups in total. The molecule has 4 aliphatic carbocycles. The summed E-state index contributed by atoms with van der Waals surface area (Å²) in [4.78, 5) is 17.4. The van der Waals surface area contributed by atoms with Crippen molar-refractivity contribution in [2.24, 2.45) is 17.8 Å². The Morgan fingerprint density at radius 2 is 1.38 bits per heavy atom. The lowest BCUT2D eigenvalue weighted by Gasteiger charge is -2.56. The number of carbonyl (C=O) groups excluding carboxylic acids is 1. The summed E-state index contributed by atoms with van der Waals surface area (Å²) >= 11 is 0. The van der Waals surface area contributed by atoms with E-state index in [1.165, 1.54) is 31.4 Å². The smallest absolute Gasteiger partial charge is 0.294 e. The fraction of sp³-hybridized carbons (Fsp3) is 0.558. The number of nitrogens with one attached hydrogen (secondary N) is 1. The predicted octanol–water partition coefficient (Wildman–Crippen LogP) is 8.11. The minimum absolute atomic E-state index is 0.0312. The molecule has 1 unspecified atom stereocenters. The topological polar surface area (TPSA) is 144 Å². The largest absolute Gasteiger partial charge is 0.364 e. The van der Waals surface area contributed by atoms with E-state index in [0.717, 1.165) is 84.5 Å². The van der Waals surface area contributed by atoms with E-state index >= 15 is 0 Å². The van der Waals surface area contributed by atoms with E-state index in [1.807, 2.05) is 18.2 Å². The van der Waals surface area contributed by atoms with Gasteiger partial charge in [-0.1, -0.05) is 58.4 Å². The highest BCUT2D eigenvalue weighted by molar-refractivity contribution is 7.86. The van der Waals surface area contributed by atoms with Gasteiger partial charge in [0.15, 0.2) is 0 Å². The zero-order valence-corrected chi connectivity index (χ0v) is 34.4. The highest BCUT2D eigenvalue weighted by Crippen LogP contribution is 2.56. The van der Waals surface area contributed by atoms with Crippen molar-refractivity contribution in [3.63, 3.8) is 0 Å². The normalized spacial score (nSPS) is 28.5. The number of rotatable bonds is 13. The van der Waals surface area contributed by atoms with Gasteiger partial charge in [0, 0.05) is 53.0 Å². The van der Waals surface area contributed by atoms with Gasteiger partial charge in [-0.25, -0.2) is 0 Å². The van der Waals surface area contributed by atoms with Crippen molar-refractivity contribution in [1.29, 1.82) is 0 Å². The molecule has 4 bridgehead atoms. The zero-order valence-electron chi connectivity index (χ0n) is 32.8. The Labute approximate surface area is 327 Å². The number of anilines is 2. The van der Waals surface area contributed by atoms with Gasteiger partial charge in [0.05, 0.1) is 15.8 Å². The molecule has 0 radical (unpaired) electrons. The molecule has 6 aliphatic rings. The van der Waals surface area contributed by atoms with Crippen LogP contribution < -0.4 is 15.1 Å². The molecule has 1 amide bonds. The van der Waals surface area contributed by atoms with Gasteiger partial charge < -0.3 is 15.1 Å². The van der Waals surface area contributed by atoms with Gasteiger partial charge in [-0.15, -0.1) is 0 Å². The van der Waals surface area contributed by atoms with Crippen molar-refractivity contribution in [3.05, 3.63) is 83.6 Å². The van der Waals surface area contributed by atoms with Crippen molar-refractivity contribution in [1.82, 2.24) is 5.32 Å². The van der Waals surface area contributed by atoms with E-state index < -0.39 is 31.1 Å². The van der Waals surface area contributed by atoms with Crippen molar-refractivity contribution in [2.45, 2.75) is 131 Å². The van der Waals surface area contributed by atoms with Gasteiger partial charge >= 0.3 is 0 Å². The Kier molecular flexibility index (Phi) is 10.5. The number of carbonyl (C=O) groups is 1. The molecule has 2 aliphatic heterocycles. The lowest BCUT2D eigenvalue weighted by molar-refractivity contribution is -0.127. The molecule has 0 aromatic heterocycles. The maximum absolute atomic E-state index is 13.1. The van der Waals surface area contributed by atoms with Crippen LogP contribution in [0, 0.1) is 17.8 Å². The van der Waals surface area contributed by atoms with Crippen LogP contribution in [0.3, 0.4) is 0 Å². The third kappa shape index (κ3) is 7.68. The van der Waals surface area contributed by atoms with Crippen molar-refractivity contribution in [2.75, 3.05) is 22.9 Å². The molecule has 8 rings (SSSR count). The first-order valence-corrected chi connectivity index (χ1v) is 22.9. The number of benzene rings is 2. The first kappa shape index (κ1) is 39.8. The van der Waals surface area contributed by atoms with Crippen LogP contribution in [0.15, 0.2) is 82.3 Å². The van der Waals surface area contributed by atoms with Gasteiger partial charge in [0.1, 0.15) is 0 Å². The number of amides is 1. The standard InChI is InChI=1S/C43H57N3O7S2/c1-6-45-36-18-16-32(54(48,49)50)24-34(36)41(2,3)38(45)13-9-7-10-14-39-42(4,5)35-25-33(55(51,52)53)17-19-37(35)46(39)20-12-8-11-15-40(47)44-43-26-29-21-30(27-43)23-31(22-29)28-43/h7,9-10,13-14,16-19,24-25,29-31,38H,6,8,11-12,15,20-23,26-28H2,1-5H3,(H,44,47)(H,48,49,50)(H,51,52,53)/b10-7+,13-9+,39-14+. The zero-order chi connectivity index (χ0) is 39.6. The molecule has 2 aromatic carbocycles. The number of hydrogen-bond donors (Lipinski definition) is 3. The van der Waals surface area contributed by atoms with Crippen LogP contribution in [0.4, 0.5) is 11.4 Å². The molecule has 10 nitrogen and oxygen atoms in total. The fourth-order valence-corrected chi connectivity index (χ4v) is 12.2. The molecular weight excluding hydrogens is 735 g/mol. The Balaban J connectivity index is 1.04. The molecule has 55 heavy (non-hydrogen) atoms. The third-order valence-electron chi connectivity index (χ3n) is 13.3. The first-order valence-electron chi connectivity index (χ1n) is 20.0. The van der Waals surface area contributed by atoms with Crippen LogP contribution in [0.1, 0.15) is 110 Å². The van der Waals surface area contributed by atoms with Crippen molar-refractivity contribution >= 4 is 37.5 Å². The highest BCUT2D eigenvalue weighted by Gasteiger charge is 2.51. The van der Waals surface area contributed by atoms with Gasteiger partial charge in [0.25, 0.3) is 20.2 Å². The minimum atomic E-state index is -4.38. The third-order valence-corrected chi connectivity index (χ3v) is 15.0. The maximum Gasteiger partial charge on any atom is 0.294 e. The Bertz CT molecular complexity index is 2120. The van der Waals surface area contributed by atoms with E-state index in [2.05, 4.69) is 61.9 Å². The van der Waals surface area contributed by atoms with E-state index in [4.69, 9.17) is 0 Å². The molecule has 1 atom stereocenters. The Hall–Kier alpha value is -3.45. The number of fused-ring (bicyclic) bond motifs is 2. The summed E-state index contributed by atoms with van der Waals surface area (Å²) in [5.74, 6) is 2.55. The van der Waals surface area contributed by atoms with E-state index in [-0.39, 0.29) is 27.3 Å². The molecule has 0 spiro atoms. The van der Waals surface area contributed by atoms with Crippen molar-refractivity contribution in [3.8, 4) is 0 Å². The van der Waals surface area contributed by atoms with Crippen LogP contribution in [0.2, 0.25) is 0 Å². The molecule has 2 aromatic rings. The number of unbranched alkanes of at least 4 members (excludes halogenated alkanes) is 2. The Morgan fingerprint density at radius 1 is 0.800 bits per heavy atom. The van der Waals surface area contributed by atoms with Crippen LogP contribution in [0.25, 0.3) is 0 Å². The second-order valence-electron chi connectivity index (χ2n) is 17.9. The first-order chi connectivity index (χ1) is 25.8. The van der Waals surface area contributed by atoms with Crippen LogP contribution in [-0.2, 0) is 35.9 Å². The van der Waals surface area contributed by atoms with E-state index in [9.17, 15) is 30.7 Å². The van der Waals surface area contributed by atoms with Gasteiger partial charge in [-0.2, -0.15) is 16.8 Å². The summed E-state index contributed by atoms with van der Waals surface area (Å²) in [6, 6.07) is 9.52. The number of nitrogens with zero attached hydrogens (tertiary/aromatic N) is 2. The van der Waals surface area contributed by atoms with Gasteiger partial charge in [-0.05, 0) is 130 Å². The summed E-state index contributed by atoms with van der Waals surface area (Å²) < 4.78 is 67.6. The van der Waals surface area contributed by atoms with Crippen LogP contribution in [-0.4, -0.2) is 56.5 Å². The molecule has 4 saturated carbocycles. The van der Waals surface area contributed by atoms with Gasteiger partial charge in [-0.3, -0.25) is 13.9 Å². The summed E-state index contributed by atoms with van der Waals surface area (Å²) in [5.41, 5.74) is 3.57. The monoisotopic (exact) mass is 791 g/mol. The van der Waals surface area contributed by atoms with Crippen LogP contribution in [0.5, 0.6) is 0 Å². The lowest BCUT2D eigenvalue weighted by atomic mass is 9.53. The number of likely N-dealkylation sites (N-methyl/N-ethyl adjacent to an activating group) is 1. The second kappa shape index (κ2) is 14.5. The molecule has 298 valence electrons. The Morgan fingerprint density at radius 3 is 1.96 bits per heavy atom. The molecule has 12 heteroatoms. The van der Waals surface area contributed by atoms with E-state index in [1.54, 1.807) is 24.3 Å². The minimum Gasteiger partial charge on any atom is -0.364 e.